The minimum Gasteiger partial charge on any atom is -0.339 e. The molecular formula is C13H18ClNOS2. The zero-order chi connectivity index (χ0) is 13.7. The second-order valence-corrected chi connectivity index (χ2v) is 6.12. The predicted octanol–water partition coefficient (Wildman–Crippen LogP) is 3.84. The average molecular weight is 304 g/mol. The summed E-state index contributed by atoms with van der Waals surface area (Å²) in [6.07, 6.45) is 3.04. The Balaban J connectivity index is 2.82. The molecule has 1 aromatic carbocycles. The molecule has 1 atom stereocenters. The fraction of sp³-hybridized carbons (Fsp3) is 0.462. The number of hydrogen-bond acceptors (Lipinski definition) is 3. The number of hydrogen-bond donors (Lipinski definition) is 1. The van der Waals surface area contributed by atoms with Crippen LogP contribution in [0, 0.1) is 0 Å². The molecule has 18 heavy (non-hydrogen) atoms. The lowest BCUT2D eigenvalue weighted by atomic mass is 10.1. The van der Waals surface area contributed by atoms with Crippen molar-refractivity contribution < 1.29 is 4.79 Å². The van der Waals surface area contributed by atoms with Crippen molar-refractivity contribution in [2.24, 2.45) is 0 Å². The lowest BCUT2D eigenvalue weighted by Gasteiger charge is -2.25. The van der Waals surface area contributed by atoms with E-state index in [1.54, 1.807) is 34.9 Å². The van der Waals surface area contributed by atoms with Crippen molar-refractivity contribution in [2.75, 3.05) is 19.1 Å². The van der Waals surface area contributed by atoms with Crippen LogP contribution >= 0.6 is 36.0 Å². The predicted molar refractivity (Wildman–Crippen MR) is 83.3 cm³/mol. The summed E-state index contributed by atoms with van der Waals surface area (Å²) in [6, 6.07) is 5.40. The van der Waals surface area contributed by atoms with Crippen molar-refractivity contribution in [3.8, 4) is 0 Å². The van der Waals surface area contributed by atoms with Crippen LogP contribution in [0.5, 0.6) is 0 Å². The average Bonchev–Trinajstić information content (AvgIpc) is 2.37. The standard InChI is InChI=1S/C13H18ClNOS2/c1-9(6-7-18-3)15(2)13(16)11-8-10(17)4-5-12(11)14/h4-5,8-9,17H,6-7H2,1-3H3. The summed E-state index contributed by atoms with van der Waals surface area (Å²) in [4.78, 5) is 14.8. The van der Waals surface area contributed by atoms with Crippen molar-refractivity contribution >= 4 is 41.9 Å². The molecule has 0 aromatic heterocycles. The minimum absolute atomic E-state index is 0.0514. The van der Waals surface area contributed by atoms with E-state index < -0.39 is 0 Å². The number of carbonyl (C=O) groups is 1. The molecule has 0 aliphatic carbocycles. The zero-order valence-electron chi connectivity index (χ0n) is 10.8. The molecular weight excluding hydrogens is 286 g/mol. The summed E-state index contributed by atoms with van der Waals surface area (Å²) in [5, 5.41) is 0.474. The highest BCUT2D eigenvalue weighted by atomic mass is 35.5. The van der Waals surface area contributed by atoms with Gasteiger partial charge in [-0.25, -0.2) is 0 Å². The van der Waals surface area contributed by atoms with Gasteiger partial charge in [0.05, 0.1) is 10.6 Å². The smallest absolute Gasteiger partial charge is 0.255 e. The molecule has 2 nitrogen and oxygen atoms in total. The molecule has 100 valence electrons. The van der Waals surface area contributed by atoms with Gasteiger partial charge in [0.25, 0.3) is 5.91 Å². The van der Waals surface area contributed by atoms with Gasteiger partial charge in [-0.05, 0) is 43.6 Å². The van der Waals surface area contributed by atoms with Gasteiger partial charge in [-0.15, -0.1) is 12.6 Å². The first-order valence-electron chi connectivity index (χ1n) is 5.72. The van der Waals surface area contributed by atoms with E-state index in [9.17, 15) is 4.79 Å². The lowest BCUT2D eigenvalue weighted by molar-refractivity contribution is 0.0741. The van der Waals surface area contributed by atoms with E-state index in [4.69, 9.17) is 11.6 Å². The molecule has 0 radical (unpaired) electrons. The van der Waals surface area contributed by atoms with Gasteiger partial charge in [-0.1, -0.05) is 11.6 Å². The van der Waals surface area contributed by atoms with E-state index in [1.165, 1.54) is 0 Å². The Labute approximate surface area is 123 Å². The second-order valence-electron chi connectivity index (χ2n) is 4.21. The van der Waals surface area contributed by atoms with Gasteiger partial charge in [-0.3, -0.25) is 4.79 Å². The van der Waals surface area contributed by atoms with Gasteiger partial charge in [0.15, 0.2) is 0 Å². The maximum Gasteiger partial charge on any atom is 0.255 e. The highest BCUT2D eigenvalue weighted by Crippen LogP contribution is 2.22. The number of rotatable bonds is 5. The van der Waals surface area contributed by atoms with Crippen LogP contribution in [0.25, 0.3) is 0 Å². The summed E-state index contributed by atoms with van der Waals surface area (Å²) >= 11 is 12.1. The second kappa shape index (κ2) is 7.31. The first kappa shape index (κ1) is 15.7. The molecule has 0 bridgehead atoms. The van der Waals surface area contributed by atoms with E-state index in [2.05, 4.69) is 18.9 Å². The van der Waals surface area contributed by atoms with Gasteiger partial charge < -0.3 is 4.90 Å². The molecule has 0 fully saturated rings. The molecule has 1 rings (SSSR count). The van der Waals surface area contributed by atoms with Crippen LogP contribution in [0.2, 0.25) is 5.02 Å². The van der Waals surface area contributed by atoms with E-state index in [0.717, 1.165) is 17.1 Å². The zero-order valence-corrected chi connectivity index (χ0v) is 13.3. The highest BCUT2D eigenvalue weighted by Gasteiger charge is 2.19. The molecule has 1 aromatic rings. The fourth-order valence-electron chi connectivity index (χ4n) is 1.55. The number of nitrogens with zero attached hydrogens (tertiary/aromatic N) is 1. The molecule has 0 saturated carbocycles. The molecule has 0 saturated heterocycles. The SMILES string of the molecule is CSCCC(C)N(C)C(=O)c1cc(S)ccc1Cl. The molecule has 0 aliphatic heterocycles. The van der Waals surface area contributed by atoms with Gasteiger partial charge in [0.1, 0.15) is 0 Å². The van der Waals surface area contributed by atoms with Crippen LogP contribution in [-0.2, 0) is 0 Å². The Morgan fingerprint density at radius 3 is 2.83 bits per heavy atom. The quantitative estimate of drug-likeness (QED) is 0.834. The van der Waals surface area contributed by atoms with Crippen molar-refractivity contribution in [2.45, 2.75) is 24.3 Å². The highest BCUT2D eigenvalue weighted by molar-refractivity contribution is 7.98. The van der Waals surface area contributed by atoms with Crippen molar-refractivity contribution in [1.82, 2.24) is 4.90 Å². The Kier molecular flexibility index (Phi) is 6.39. The first-order valence-corrected chi connectivity index (χ1v) is 7.94. The molecule has 0 aliphatic rings. The molecule has 0 heterocycles. The monoisotopic (exact) mass is 303 g/mol. The van der Waals surface area contributed by atoms with E-state index >= 15 is 0 Å². The number of benzene rings is 1. The third-order valence-corrected chi connectivity index (χ3v) is 4.15. The fourth-order valence-corrected chi connectivity index (χ4v) is 2.53. The summed E-state index contributed by atoms with van der Waals surface area (Å²) < 4.78 is 0. The van der Waals surface area contributed by atoms with Crippen LogP contribution in [0.15, 0.2) is 23.1 Å². The van der Waals surface area contributed by atoms with E-state index in [0.29, 0.717) is 10.6 Å². The first-order chi connectivity index (χ1) is 8.47. The molecule has 5 heteroatoms. The number of halogens is 1. The molecule has 0 N–H and O–H groups in total. The largest absolute Gasteiger partial charge is 0.339 e. The number of thiol groups is 1. The van der Waals surface area contributed by atoms with E-state index in [1.807, 2.05) is 14.0 Å². The van der Waals surface area contributed by atoms with Crippen LogP contribution in [0.3, 0.4) is 0 Å². The van der Waals surface area contributed by atoms with Gasteiger partial charge in [-0.2, -0.15) is 11.8 Å². The van der Waals surface area contributed by atoms with Gasteiger partial charge in [0.2, 0.25) is 0 Å². The molecule has 1 amide bonds. The third-order valence-electron chi connectivity index (χ3n) is 2.90. The topological polar surface area (TPSA) is 20.3 Å². The third kappa shape index (κ3) is 4.11. The molecule has 0 spiro atoms. The van der Waals surface area contributed by atoms with Gasteiger partial charge in [0, 0.05) is 18.0 Å². The molecule has 1 unspecified atom stereocenters. The lowest BCUT2D eigenvalue weighted by Crippen LogP contribution is -2.35. The minimum atomic E-state index is -0.0514. The Bertz CT molecular complexity index is 425. The van der Waals surface area contributed by atoms with Crippen molar-refractivity contribution in [3.63, 3.8) is 0 Å². The van der Waals surface area contributed by atoms with E-state index in [-0.39, 0.29) is 11.9 Å². The number of thioether (sulfide) groups is 1. The number of carbonyl (C=O) groups excluding carboxylic acids is 1. The maximum atomic E-state index is 12.3. The Morgan fingerprint density at radius 2 is 2.22 bits per heavy atom. The summed E-state index contributed by atoms with van der Waals surface area (Å²) in [5.74, 6) is 0.989. The number of amides is 1. The Morgan fingerprint density at radius 1 is 1.56 bits per heavy atom. The van der Waals surface area contributed by atoms with Crippen LogP contribution in [0.1, 0.15) is 23.7 Å². The normalized spacial score (nSPS) is 12.3. The summed E-state index contributed by atoms with van der Waals surface area (Å²) in [5.41, 5.74) is 0.516. The van der Waals surface area contributed by atoms with Gasteiger partial charge >= 0.3 is 0 Å². The maximum absolute atomic E-state index is 12.3. The van der Waals surface area contributed by atoms with Crippen molar-refractivity contribution in [1.29, 1.82) is 0 Å². The van der Waals surface area contributed by atoms with Crippen LogP contribution in [-0.4, -0.2) is 35.9 Å². The van der Waals surface area contributed by atoms with Crippen LogP contribution < -0.4 is 0 Å². The summed E-state index contributed by atoms with van der Waals surface area (Å²) in [6.45, 7) is 2.05. The Hall–Kier alpha value is -0.320. The summed E-state index contributed by atoms with van der Waals surface area (Å²) in [7, 11) is 1.81. The van der Waals surface area contributed by atoms with Crippen molar-refractivity contribution in [3.05, 3.63) is 28.8 Å². The van der Waals surface area contributed by atoms with Crippen LogP contribution in [0.4, 0.5) is 0 Å².